The highest BCUT2D eigenvalue weighted by atomic mass is 32.2. The minimum Gasteiger partial charge on any atom is -0.375 e. The highest BCUT2D eigenvalue weighted by molar-refractivity contribution is 8.00. The molecule has 2 nitrogen and oxygen atoms in total. The minimum absolute atomic E-state index is 0.190. The molecule has 1 aliphatic heterocycles. The summed E-state index contributed by atoms with van der Waals surface area (Å²) in [5, 5.41) is 0. The van der Waals surface area contributed by atoms with Crippen LogP contribution in [-0.4, -0.2) is 30.3 Å². The zero-order chi connectivity index (χ0) is 6.69. The van der Waals surface area contributed by atoms with Crippen molar-refractivity contribution >= 4 is 11.8 Å². The second kappa shape index (κ2) is 3.44. The predicted octanol–water partition coefficient (Wildman–Crippen LogP) is 0.466. The van der Waals surface area contributed by atoms with E-state index in [1.54, 1.807) is 0 Å². The molecule has 3 heteroatoms. The van der Waals surface area contributed by atoms with Crippen molar-refractivity contribution in [1.29, 1.82) is 0 Å². The monoisotopic (exact) mass is 147 g/mol. The third-order valence-electron chi connectivity index (χ3n) is 1.20. The van der Waals surface area contributed by atoms with Crippen LogP contribution < -0.4 is 5.73 Å². The highest BCUT2D eigenvalue weighted by Crippen LogP contribution is 2.20. The van der Waals surface area contributed by atoms with Crippen molar-refractivity contribution < 1.29 is 4.74 Å². The molecule has 1 saturated heterocycles. The number of thioether (sulfide) groups is 1. The summed E-state index contributed by atoms with van der Waals surface area (Å²) in [4.78, 5) is 0. The van der Waals surface area contributed by atoms with Crippen LogP contribution in [0.15, 0.2) is 0 Å². The smallest absolute Gasteiger partial charge is 0.0756 e. The van der Waals surface area contributed by atoms with E-state index in [2.05, 4.69) is 0 Å². The van der Waals surface area contributed by atoms with Crippen LogP contribution in [0.2, 0.25) is 0 Å². The topological polar surface area (TPSA) is 35.2 Å². The summed E-state index contributed by atoms with van der Waals surface area (Å²) in [7, 11) is 0. The summed E-state index contributed by atoms with van der Waals surface area (Å²) in [6, 6.07) is 0.190. The van der Waals surface area contributed by atoms with E-state index in [0.717, 1.165) is 11.5 Å². The Labute approximate surface area is 60.1 Å². The fourth-order valence-corrected chi connectivity index (χ4v) is 1.22. The summed E-state index contributed by atoms with van der Waals surface area (Å²) in [6.07, 6.45) is 0.501. The van der Waals surface area contributed by atoms with Gasteiger partial charge >= 0.3 is 0 Å². The van der Waals surface area contributed by atoms with E-state index < -0.39 is 0 Å². The van der Waals surface area contributed by atoms with E-state index in [9.17, 15) is 0 Å². The van der Waals surface area contributed by atoms with Crippen LogP contribution in [0.4, 0.5) is 0 Å². The van der Waals surface area contributed by atoms with Crippen molar-refractivity contribution in [2.45, 2.75) is 19.1 Å². The normalized spacial score (nSPS) is 23.3. The number of rotatable bonds is 3. The SMILES string of the molecule is CC(N)COC1CSC1. The van der Waals surface area contributed by atoms with Gasteiger partial charge in [0.25, 0.3) is 0 Å². The lowest BCUT2D eigenvalue weighted by atomic mass is 10.4. The van der Waals surface area contributed by atoms with Crippen molar-refractivity contribution in [1.82, 2.24) is 0 Å². The molecule has 54 valence electrons. The average Bonchev–Trinajstić information content (AvgIpc) is 1.60. The van der Waals surface area contributed by atoms with E-state index in [0.29, 0.717) is 12.7 Å². The quantitative estimate of drug-likeness (QED) is 0.630. The molecule has 0 amide bonds. The molecule has 0 bridgehead atoms. The van der Waals surface area contributed by atoms with Crippen LogP contribution in [0.5, 0.6) is 0 Å². The lowest BCUT2D eigenvalue weighted by Gasteiger charge is -2.25. The number of ether oxygens (including phenoxy) is 1. The molecule has 1 heterocycles. The van der Waals surface area contributed by atoms with Gasteiger partial charge in [-0.05, 0) is 6.92 Å². The van der Waals surface area contributed by atoms with Gasteiger partial charge in [-0.3, -0.25) is 0 Å². The Kier molecular flexibility index (Phi) is 2.82. The summed E-state index contributed by atoms with van der Waals surface area (Å²) in [6.45, 7) is 2.68. The lowest BCUT2D eigenvalue weighted by Crippen LogP contribution is -2.33. The third-order valence-corrected chi connectivity index (χ3v) is 2.42. The Morgan fingerprint density at radius 2 is 2.44 bits per heavy atom. The van der Waals surface area contributed by atoms with E-state index in [1.807, 2.05) is 18.7 Å². The highest BCUT2D eigenvalue weighted by Gasteiger charge is 2.18. The maximum absolute atomic E-state index is 5.49. The molecule has 1 aliphatic rings. The molecule has 9 heavy (non-hydrogen) atoms. The van der Waals surface area contributed by atoms with Gasteiger partial charge in [0.2, 0.25) is 0 Å². The molecule has 0 radical (unpaired) electrons. The average molecular weight is 147 g/mol. The first-order chi connectivity index (χ1) is 4.29. The molecule has 0 aliphatic carbocycles. The van der Waals surface area contributed by atoms with E-state index >= 15 is 0 Å². The van der Waals surface area contributed by atoms with Crippen molar-refractivity contribution in [3.05, 3.63) is 0 Å². The van der Waals surface area contributed by atoms with Gasteiger partial charge in [0.1, 0.15) is 0 Å². The Morgan fingerprint density at radius 1 is 1.78 bits per heavy atom. The fraction of sp³-hybridized carbons (Fsp3) is 1.00. The molecule has 1 unspecified atom stereocenters. The summed E-state index contributed by atoms with van der Waals surface area (Å²) in [5.41, 5.74) is 5.49. The van der Waals surface area contributed by atoms with Crippen LogP contribution in [0.3, 0.4) is 0 Å². The van der Waals surface area contributed by atoms with Crippen molar-refractivity contribution in [3.63, 3.8) is 0 Å². The van der Waals surface area contributed by atoms with Gasteiger partial charge in [-0.15, -0.1) is 0 Å². The van der Waals surface area contributed by atoms with Crippen LogP contribution in [0.25, 0.3) is 0 Å². The van der Waals surface area contributed by atoms with Crippen LogP contribution >= 0.6 is 11.8 Å². The molecule has 0 spiro atoms. The molecule has 2 N–H and O–H groups in total. The Hall–Kier alpha value is 0.270. The standard InChI is InChI=1S/C6H13NOS/c1-5(7)2-8-6-3-9-4-6/h5-6H,2-4,7H2,1H3. The molecule has 1 rings (SSSR count). The molecule has 0 aromatic heterocycles. The van der Waals surface area contributed by atoms with Crippen molar-refractivity contribution in [2.75, 3.05) is 18.1 Å². The van der Waals surface area contributed by atoms with Crippen molar-refractivity contribution in [2.24, 2.45) is 5.73 Å². The molecule has 1 atom stereocenters. The van der Waals surface area contributed by atoms with Crippen LogP contribution in [0, 0.1) is 0 Å². The second-order valence-electron chi connectivity index (χ2n) is 2.47. The van der Waals surface area contributed by atoms with Gasteiger partial charge in [-0.1, -0.05) is 0 Å². The van der Waals surface area contributed by atoms with E-state index in [1.165, 1.54) is 0 Å². The zero-order valence-corrected chi connectivity index (χ0v) is 6.49. The zero-order valence-electron chi connectivity index (χ0n) is 5.67. The summed E-state index contributed by atoms with van der Waals surface area (Å²) >= 11 is 1.93. The molecular weight excluding hydrogens is 134 g/mol. The van der Waals surface area contributed by atoms with Gasteiger partial charge in [-0.25, -0.2) is 0 Å². The third kappa shape index (κ3) is 2.56. The predicted molar refractivity (Wildman–Crippen MR) is 40.7 cm³/mol. The maximum Gasteiger partial charge on any atom is 0.0756 e. The van der Waals surface area contributed by atoms with Gasteiger partial charge in [0.15, 0.2) is 0 Å². The number of nitrogens with two attached hydrogens (primary N) is 1. The first-order valence-corrected chi connectivity index (χ1v) is 4.39. The molecular formula is C6H13NOS. The number of hydrogen-bond acceptors (Lipinski definition) is 3. The lowest BCUT2D eigenvalue weighted by molar-refractivity contribution is 0.0703. The van der Waals surface area contributed by atoms with Gasteiger partial charge in [0.05, 0.1) is 12.7 Å². The van der Waals surface area contributed by atoms with Crippen LogP contribution in [0.1, 0.15) is 6.92 Å². The minimum atomic E-state index is 0.190. The Bertz CT molecular complexity index is 83.1. The molecule has 1 fully saturated rings. The first-order valence-electron chi connectivity index (χ1n) is 3.24. The van der Waals surface area contributed by atoms with E-state index in [-0.39, 0.29) is 6.04 Å². The Balaban J connectivity index is 1.91. The summed E-state index contributed by atoms with van der Waals surface area (Å²) in [5.74, 6) is 2.32. The fourth-order valence-electron chi connectivity index (χ4n) is 0.598. The van der Waals surface area contributed by atoms with Crippen LogP contribution in [-0.2, 0) is 4.74 Å². The van der Waals surface area contributed by atoms with E-state index in [4.69, 9.17) is 10.5 Å². The maximum atomic E-state index is 5.49. The number of hydrogen-bond donors (Lipinski definition) is 1. The largest absolute Gasteiger partial charge is 0.375 e. The first kappa shape index (κ1) is 7.38. The second-order valence-corrected chi connectivity index (χ2v) is 3.54. The summed E-state index contributed by atoms with van der Waals surface area (Å²) < 4.78 is 5.39. The van der Waals surface area contributed by atoms with Crippen molar-refractivity contribution in [3.8, 4) is 0 Å². The van der Waals surface area contributed by atoms with Gasteiger partial charge < -0.3 is 10.5 Å². The Morgan fingerprint density at radius 3 is 2.78 bits per heavy atom. The van der Waals surface area contributed by atoms with Gasteiger partial charge in [-0.2, -0.15) is 11.8 Å². The molecule has 0 saturated carbocycles. The van der Waals surface area contributed by atoms with Gasteiger partial charge in [0, 0.05) is 17.5 Å². The molecule has 0 aromatic carbocycles. The molecule has 0 aromatic rings.